The molecule has 0 aliphatic carbocycles. The Hall–Kier alpha value is -4.98. The number of nitrogens with zero attached hydrogens (tertiary/aromatic N) is 2. The molecule has 0 atom stereocenters. The summed E-state index contributed by atoms with van der Waals surface area (Å²) >= 11 is 0. The summed E-state index contributed by atoms with van der Waals surface area (Å²) in [5.41, 5.74) is 1.47. The van der Waals surface area contributed by atoms with Crippen LogP contribution in [0.15, 0.2) is 113 Å². The van der Waals surface area contributed by atoms with Gasteiger partial charge in [0.25, 0.3) is 5.91 Å². The van der Waals surface area contributed by atoms with Gasteiger partial charge in [-0.05, 0) is 101 Å². The number of rotatable bonds is 24. The second kappa shape index (κ2) is 26.8. The zero-order chi connectivity index (χ0) is 36.9. The summed E-state index contributed by atoms with van der Waals surface area (Å²) in [4.78, 5) is 49.3. The monoisotopic (exact) mass is 693 g/mol. The average Bonchev–Trinajstić information content (AvgIpc) is 3.12. The molecule has 2 amide bonds. The van der Waals surface area contributed by atoms with E-state index < -0.39 is 11.9 Å². The number of ether oxygens (including phenoxy) is 1. The highest BCUT2D eigenvalue weighted by atomic mass is 16.5. The molecule has 51 heavy (non-hydrogen) atoms. The van der Waals surface area contributed by atoms with Gasteiger partial charge in [-0.15, -0.1) is 0 Å². The molecular weight excluding hydrogens is 638 g/mol. The van der Waals surface area contributed by atoms with E-state index in [2.05, 4.69) is 90.2 Å². The predicted octanol–water partition coefficient (Wildman–Crippen LogP) is 11.7. The minimum absolute atomic E-state index is 0.187. The Morgan fingerprint density at radius 2 is 1.22 bits per heavy atom. The van der Waals surface area contributed by atoms with E-state index in [1.165, 1.54) is 13.0 Å². The molecule has 272 valence electrons. The maximum atomic E-state index is 12.5. The molecule has 8 nitrogen and oxygen atoms in total. The first-order valence-corrected chi connectivity index (χ1v) is 18.3. The number of imide groups is 1. The van der Waals surface area contributed by atoms with Crippen LogP contribution in [0.1, 0.15) is 131 Å². The summed E-state index contributed by atoms with van der Waals surface area (Å²) in [5, 5.41) is 10.8. The van der Waals surface area contributed by atoms with E-state index in [0.717, 1.165) is 70.6 Å². The van der Waals surface area contributed by atoms with E-state index >= 15 is 0 Å². The lowest BCUT2D eigenvalue weighted by molar-refractivity contribution is -0.134. The predicted molar refractivity (Wildman–Crippen MR) is 207 cm³/mol. The summed E-state index contributed by atoms with van der Waals surface area (Å²) in [6.45, 7) is 5.67. The molecule has 0 bridgehead atoms. The van der Waals surface area contributed by atoms with Crippen LogP contribution in [0.2, 0.25) is 0 Å². The maximum absolute atomic E-state index is 12.5. The van der Waals surface area contributed by atoms with Crippen LogP contribution >= 0.6 is 0 Å². The van der Waals surface area contributed by atoms with Gasteiger partial charge in [0.05, 0.1) is 16.9 Å². The number of allylic oxidation sites excluding steroid dienone is 10. The Labute approximate surface area is 304 Å². The van der Waals surface area contributed by atoms with Gasteiger partial charge in [-0.1, -0.05) is 100 Å². The van der Waals surface area contributed by atoms with Gasteiger partial charge in [0.1, 0.15) is 5.75 Å². The average molecular weight is 694 g/mol. The number of nitrogens with one attached hydrogen (secondary N) is 1. The molecular formula is C43H55N3O5. The van der Waals surface area contributed by atoms with Crippen molar-refractivity contribution in [1.82, 2.24) is 5.32 Å². The highest BCUT2D eigenvalue weighted by Crippen LogP contribution is 2.27. The molecule has 0 aliphatic heterocycles. The van der Waals surface area contributed by atoms with E-state index in [9.17, 15) is 19.2 Å². The first kappa shape index (κ1) is 42.2. The Kier molecular flexibility index (Phi) is 22.2. The first-order valence-electron chi connectivity index (χ1n) is 18.3. The molecule has 0 unspecified atom stereocenters. The van der Waals surface area contributed by atoms with E-state index in [0.29, 0.717) is 29.8 Å². The standard InChI is InChI=1S/C43H55N3O5/c1-4-6-8-10-11-12-13-14-15-16-17-18-19-20-21-23-25-27-42(49)51-40-33-32-38(34-39(40)35(3)47)46-45-37-30-28-36(29-31-37)43(50)44-41(48)26-24-22-9-7-5-2/h6,8,11-12,14-15,17-18,20-21,28-34H,4-5,7,9-10,13,16,19,22-27H2,1-3H3,(H,44,48,50)/b8-6-,12-11-,15-14-,18-17-,21-20-,46-45?. The quantitative estimate of drug-likeness (QED) is 0.0293. The number of benzene rings is 2. The number of carbonyl (C=O) groups is 4. The summed E-state index contributed by atoms with van der Waals surface area (Å²) in [6, 6.07) is 11.1. The van der Waals surface area contributed by atoms with Crippen LogP contribution in [0.25, 0.3) is 0 Å². The van der Waals surface area contributed by atoms with Crippen LogP contribution in [0.3, 0.4) is 0 Å². The van der Waals surface area contributed by atoms with Gasteiger partial charge in [-0.3, -0.25) is 24.5 Å². The van der Waals surface area contributed by atoms with Gasteiger partial charge in [-0.2, -0.15) is 10.2 Å². The topological polar surface area (TPSA) is 114 Å². The fourth-order valence-electron chi connectivity index (χ4n) is 4.80. The summed E-state index contributed by atoms with van der Waals surface area (Å²) in [7, 11) is 0. The van der Waals surface area contributed by atoms with Crippen LogP contribution < -0.4 is 10.1 Å². The van der Waals surface area contributed by atoms with Gasteiger partial charge >= 0.3 is 5.97 Å². The molecule has 2 aromatic carbocycles. The van der Waals surface area contributed by atoms with Gasteiger partial charge < -0.3 is 4.74 Å². The molecule has 0 saturated heterocycles. The number of hydrogen-bond donors (Lipinski definition) is 1. The Morgan fingerprint density at radius 3 is 1.82 bits per heavy atom. The molecule has 0 aliphatic rings. The van der Waals surface area contributed by atoms with Crippen molar-refractivity contribution in [2.75, 3.05) is 0 Å². The maximum Gasteiger partial charge on any atom is 0.311 e. The Bertz CT molecular complexity index is 1550. The van der Waals surface area contributed by atoms with Crippen LogP contribution in [0, 0.1) is 0 Å². The van der Waals surface area contributed by atoms with E-state index in [-0.39, 0.29) is 29.4 Å². The molecule has 2 aromatic rings. The number of hydrogen-bond acceptors (Lipinski definition) is 7. The SMILES string of the molecule is CC/C=C\C/C=C\C/C=C\C/C=C\C/C=C\CCCC(=O)Oc1ccc(N=Nc2ccc(C(=O)NC(=O)CCCCCCC)cc2)cc1C(C)=O. The van der Waals surface area contributed by atoms with E-state index in [1.807, 2.05) is 0 Å². The molecule has 0 aromatic heterocycles. The second-order valence-electron chi connectivity index (χ2n) is 12.1. The third kappa shape index (κ3) is 19.7. The molecule has 0 spiro atoms. The summed E-state index contributed by atoms with van der Waals surface area (Å²) in [6.07, 6.45) is 33.4. The van der Waals surface area contributed by atoms with Crippen LogP contribution in [0.4, 0.5) is 11.4 Å². The zero-order valence-electron chi connectivity index (χ0n) is 30.7. The van der Waals surface area contributed by atoms with E-state index in [1.54, 1.807) is 36.4 Å². The normalized spacial score (nSPS) is 12.0. The summed E-state index contributed by atoms with van der Waals surface area (Å²) < 4.78 is 5.51. The van der Waals surface area contributed by atoms with Crippen molar-refractivity contribution < 1.29 is 23.9 Å². The van der Waals surface area contributed by atoms with Gasteiger partial charge in [0, 0.05) is 18.4 Å². The van der Waals surface area contributed by atoms with Gasteiger partial charge in [0.2, 0.25) is 5.91 Å². The molecule has 0 saturated carbocycles. The molecule has 8 heteroatoms. The Morgan fingerprint density at radius 1 is 0.647 bits per heavy atom. The van der Waals surface area contributed by atoms with Crippen molar-refractivity contribution in [2.24, 2.45) is 10.2 Å². The van der Waals surface area contributed by atoms with Crippen molar-refractivity contribution in [1.29, 1.82) is 0 Å². The molecule has 1 N–H and O–H groups in total. The number of unbranched alkanes of at least 4 members (excludes halogenated alkanes) is 5. The van der Waals surface area contributed by atoms with Crippen LogP contribution in [0.5, 0.6) is 5.75 Å². The van der Waals surface area contributed by atoms with Gasteiger partial charge in [0.15, 0.2) is 5.78 Å². The highest BCUT2D eigenvalue weighted by molar-refractivity contribution is 6.04. The molecule has 0 radical (unpaired) electrons. The lowest BCUT2D eigenvalue weighted by Crippen LogP contribution is -2.30. The van der Waals surface area contributed by atoms with Crippen LogP contribution in [-0.4, -0.2) is 23.6 Å². The lowest BCUT2D eigenvalue weighted by atomic mass is 10.1. The summed E-state index contributed by atoms with van der Waals surface area (Å²) in [5.74, 6) is -1.22. The fourth-order valence-corrected chi connectivity index (χ4v) is 4.80. The molecule has 0 fully saturated rings. The van der Waals surface area contributed by atoms with E-state index in [4.69, 9.17) is 4.74 Å². The third-order valence-electron chi connectivity index (χ3n) is 7.65. The van der Waals surface area contributed by atoms with Crippen molar-refractivity contribution in [3.05, 3.63) is 114 Å². The number of ketones is 1. The Balaban J connectivity index is 1.74. The fraction of sp³-hybridized carbons (Fsp3) is 0.395. The van der Waals surface area contributed by atoms with Crippen LogP contribution in [-0.2, 0) is 9.59 Å². The molecule has 0 heterocycles. The largest absolute Gasteiger partial charge is 0.426 e. The van der Waals surface area contributed by atoms with Gasteiger partial charge in [-0.25, -0.2) is 0 Å². The highest BCUT2D eigenvalue weighted by Gasteiger charge is 2.14. The minimum Gasteiger partial charge on any atom is -0.426 e. The third-order valence-corrected chi connectivity index (χ3v) is 7.65. The number of amides is 2. The van der Waals surface area contributed by atoms with Crippen molar-refractivity contribution >= 4 is 34.9 Å². The number of azo groups is 1. The number of Topliss-reactive ketones (excluding diaryl/α,β-unsaturated/α-hetero) is 1. The molecule has 2 rings (SSSR count). The van der Waals surface area contributed by atoms with Crippen molar-refractivity contribution in [2.45, 2.75) is 111 Å². The van der Waals surface area contributed by atoms with Crippen molar-refractivity contribution in [3.8, 4) is 5.75 Å². The minimum atomic E-state index is -0.456. The smallest absolute Gasteiger partial charge is 0.311 e. The lowest BCUT2D eigenvalue weighted by Gasteiger charge is -2.08. The number of esters is 1. The van der Waals surface area contributed by atoms with Crippen molar-refractivity contribution in [3.63, 3.8) is 0 Å². The zero-order valence-corrected chi connectivity index (χ0v) is 30.7. The first-order chi connectivity index (χ1) is 24.8. The number of carbonyl (C=O) groups excluding carboxylic acids is 4. The second-order valence-corrected chi connectivity index (χ2v) is 12.1.